The summed E-state index contributed by atoms with van der Waals surface area (Å²) in [5, 5.41) is 2.75. The first kappa shape index (κ1) is 21.6. The van der Waals surface area contributed by atoms with Crippen molar-refractivity contribution in [1.29, 1.82) is 0 Å². The summed E-state index contributed by atoms with van der Waals surface area (Å²) in [6.45, 7) is 3.74. The summed E-state index contributed by atoms with van der Waals surface area (Å²) >= 11 is 0. The molecule has 1 aromatic heterocycles. The summed E-state index contributed by atoms with van der Waals surface area (Å²) in [4.78, 5) is 25.4. The van der Waals surface area contributed by atoms with E-state index in [0.717, 1.165) is 11.1 Å². The molecule has 0 saturated heterocycles. The number of imidazole rings is 1. The van der Waals surface area contributed by atoms with Crippen molar-refractivity contribution in [2.45, 2.75) is 23.6 Å². The predicted molar refractivity (Wildman–Crippen MR) is 124 cm³/mol. The Bertz CT molecular complexity index is 1530. The van der Waals surface area contributed by atoms with Crippen molar-refractivity contribution in [2.24, 2.45) is 14.1 Å². The third-order valence-electron chi connectivity index (χ3n) is 5.52. The van der Waals surface area contributed by atoms with Crippen LogP contribution in [0.3, 0.4) is 0 Å². The molecule has 0 aliphatic carbocycles. The molecule has 0 atom stereocenters. The predicted octanol–water partition coefficient (Wildman–Crippen LogP) is 3.58. The lowest BCUT2D eigenvalue weighted by atomic mass is 10.1. The van der Waals surface area contributed by atoms with Crippen LogP contribution in [-0.4, -0.2) is 23.5 Å². The molecule has 1 N–H and O–H groups in total. The first-order chi connectivity index (χ1) is 15.1. The molecule has 4 aromatic rings. The first-order valence-electron chi connectivity index (χ1n) is 9.99. The van der Waals surface area contributed by atoms with E-state index in [4.69, 9.17) is 0 Å². The Kier molecular flexibility index (Phi) is 5.26. The number of nitrogens with one attached hydrogen (secondary N) is 1. The average Bonchev–Trinajstić information content (AvgIpc) is 2.97. The van der Waals surface area contributed by atoms with E-state index in [1.165, 1.54) is 33.4 Å². The second-order valence-electron chi connectivity index (χ2n) is 7.88. The quantitative estimate of drug-likeness (QED) is 0.516. The molecule has 3 aromatic carbocycles. The van der Waals surface area contributed by atoms with Crippen LogP contribution in [0.2, 0.25) is 0 Å². The third kappa shape index (κ3) is 3.62. The Morgan fingerprint density at radius 2 is 1.47 bits per heavy atom. The van der Waals surface area contributed by atoms with E-state index >= 15 is 0 Å². The van der Waals surface area contributed by atoms with Gasteiger partial charge in [-0.1, -0.05) is 35.4 Å². The Labute approximate surface area is 185 Å². The summed E-state index contributed by atoms with van der Waals surface area (Å²) in [5.41, 5.74) is 3.04. The van der Waals surface area contributed by atoms with Gasteiger partial charge in [-0.2, -0.15) is 0 Å². The highest BCUT2D eigenvalue weighted by Crippen LogP contribution is 2.32. The highest BCUT2D eigenvalue weighted by molar-refractivity contribution is 7.91. The molecule has 0 saturated carbocycles. The maximum atomic E-state index is 13.5. The van der Waals surface area contributed by atoms with Gasteiger partial charge in [0.05, 0.1) is 26.5 Å². The van der Waals surface area contributed by atoms with Gasteiger partial charge in [-0.15, -0.1) is 0 Å². The van der Waals surface area contributed by atoms with Gasteiger partial charge in [0.15, 0.2) is 0 Å². The lowest BCUT2D eigenvalue weighted by molar-refractivity contribution is 0.102. The normalized spacial score (nSPS) is 11.6. The molecule has 0 spiro atoms. The number of aryl methyl sites for hydroxylation is 4. The van der Waals surface area contributed by atoms with Crippen LogP contribution < -0.4 is 11.0 Å². The molecule has 32 heavy (non-hydrogen) atoms. The van der Waals surface area contributed by atoms with Crippen LogP contribution >= 0.6 is 0 Å². The van der Waals surface area contributed by atoms with Crippen LogP contribution in [0, 0.1) is 13.8 Å². The number of sulfone groups is 1. The fraction of sp³-hybridized carbons (Fsp3) is 0.167. The maximum Gasteiger partial charge on any atom is 0.328 e. The molecule has 0 unspecified atom stereocenters. The summed E-state index contributed by atoms with van der Waals surface area (Å²) < 4.78 is 29.9. The van der Waals surface area contributed by atoms with E-state index in [-0.39, 0.29) is 21.2 Å². The number of amides is 1. The number of carbonyl (C=O) groups excluding carboxylic acids is 1. The van der Waals surface area contributed by atoms with Gasteiger partial charge in [-0.05, 0) is 50.2 Å². The number of benzene rings is 3. The fourth-order valence-corrected chi connectivity index (χ4v) is 5.09. The minimum absolute atomic E-state index is 0.0731. The van der Waals surface area contributed by atoms with Crippen molar-refractivity contribution in [1.82, 2.24) is 9.13 Å². The Morgan fingerprint density at radius 1 is 0.844 bits per heavy atom. The zero-order valence-electron chi connectivity index (χ0n) is 18.2. The van der Waals surface area contributed by atoms with Gasteiger partial charge in [0.1, 0.15) is 0 Å². The standard InChI is InChI=1S/C24H23N3O4S/c1-15-8-10-18(11-9-15)32(30,31)22-14-21-20(26(3)24(29)27(21)4)13-19(22)25-23(28)17-7-5-6-16(2)12-17/h5-14H,1-4H3,(H,25,28). The van der Waals surface area contributed by atoms with Crippen molar-refractivity contribution in [3.63, 3.8) is 0 Å². The molecule has 8 heteroatoms. The zero-order chi connectivity index (χ0) is 23.2. The number of nitrogens with zero attached hydrogens (tertiary/aromatic N) is 2. The summed E-state index contributed by atoms with van der Waals surface area (Å²) in [5.74, 6) is -0.436. The molecule has 7 nitrogen and oxygen atoms in total. The van der Waals surface area contributed by atoms with Crippen LogP contribution in [0.15, 0.2) is 75.2 Å². The number of aromatic nitrogens is 2. The minimum atomic E-state index is -3.97. The SMILES string of the molecule is Cc1ccc(S(=O)(=O)c2cc3c(cc2NC(=O)c2cccc(C)c2)n(C)c(=O)n3C)cc1. The molecule has 0 aliphatic rings. The molecule has 1 heterocycles. The van der Waals surface area contributed by atoms with E-state index in [1.54, 1.807) is 44.4 Å². The topological polar surface area (TPSA) is 90.2 Å². The zero-order valence-corrected chi connectivity index (χ0v) is 19.0. The lowest BCUT2D eigenvalue weighted by Gasteiger charge is -2.14. The Balaban J connectivity index is 1.94. The minimum Gasteiger partial charge on any atom is -0.321 e. The van der Waals surface area contributed by atoms with Crippen LogP contribution in [-0.2, 0) is 23.9 Å². The van der Waals surface area contributed by atoms with Gasteiger partial charge in [0, 0.05) is 19.7 Å². The van der Waals surface area contributed by atoms with Gasteiger partial charge in [-0.3, -0.25) is 13.9 Å². The second kappa shape index (κ2) is 7.80. The van der Waals surface area contributed by atoms with Crippen LogP contribution in [0.4, 0.5) is 5.69 Å². The van der Waals surface area contributed by atoms with E-state index in [0.29, 0.717) is 16.6 Å². The average molecular weight is 450 g/mol. The van der Waals surface area contributed by atoms with Gasteiger partial charge >= 0.3 is 5.69 Å². The number of hydrogen-bond acceptors (Lipinski definition) is 4. The van der Waals surface area contributed by atoms with Gasteiger partial charge in [-0.25, -0.2) is 13.2 Å². The molecule has 0 radical (unpaired) electrons. The molecule has 1 amide bonds. The summed E-state index contributed by atoms with van der Waals surface area (Å²) in [6.07, 6.45) is 0. The highest BCUT2D eigenvalue weighted by Gasteiger charge is 2.25. The van der Waals surface area contributed by atoms with E-state index in [1.807, 2.05) is 19.9 Å². The molecule has 4 rings (SSSR count). The van der Waals surface area contributed by atoms with Gasteiger partial charge < -0.3 is 5.32 Å². The number of carbonyl (C=O) groups is 1. The number of fused-ring (bicyclic) bond motifs is 1. The molecular formula is C24H23N3O4S. The Morgan fingerprint density at radius 3 is 2.09 bits per heavy atom. The molecular weight excluding hydrogens is 426 g/mol. The first-order valence-corrected chi connectivity index (χ1v) is 11.5. The van der Waals surface area contributed by atoms with Crippen molar-refractivity contribution < 1.29 is 13.2 Å². The monoisotopic (exact) mass is 449 g/mol. The maximum absolute atomic E-state index is 13.5. The van der Waals surface area contributed by atoms with E-state index in [9.17, 15) is 18.0 Å². The largest absolute Gasteiger partial charge is 0.328 e. The van der Waals surface area contributed by atoms with Gasteiger partial charge in [0.2, 0.25) is 9.84 Å². The third-order valence-corrected chi connectivity index (χ3v) is 7.33. The van der Waals surface area contributed by atoms with Crippen LogP contribution in [0.1, 0.15) is 21.5 Å². The summed E-state index contributed by atoms with van der Waals surface area (Å²) in [7, 11) is -0.790. The fourth-order valence-electron chi connectivity index (χ4n) is 3.67. The molecule has 0 aliphatic heterocycles. The van der Waals surface area contributed by atoms with E-state index < -0.39 is 15.7 Å². The number of rotatable bonds is 4. The molecule has 0 bridgehead atoms. The van der Waals surface area contributed by atoms with Gasteiger partial charge in [0.25, 0.3) is 5.91 Å². The van der Waals surface area contributed by atoms with Crippen molar-refractivity contribution >= 4 is 32.5 Å². The van der Waals surface area contributed by atoms with E-state index in [2.05, 4.69) is 5.32 Å². The molecule has 0 fully saturated rings. The highest BCUT2D eigenvalue weighted by atomic mass is 32.2. The van der Waals surface area contributed by atoms with Crippen LogP contribution in [0.25, 0.3) is 11.0 Å². The Hall–Kier alpha value is -3.65. The van der Waals surface area contributed by atoms with Crippen molar-refractivity contribution in [2.75, 3.05) is 5.32 Å². The number of hydrogen-bond donors (Lipinski definition) is 1. The summed E-state index contributed by atoms with van der Waals surface area (Å²) in [6, 6.07) is 16.5. The van der Waals surface area contributed by atoms with Crippen LogP contribution in [0.5, 0.6) is 0 Å². The second-order valence-corrected chi connectivity index (χ2v) is 9.80. The smallest absolute Gasteiger partial charge is 0.321 e. The lowest BCUT2D eigenvalue weighted by Crippen LogP contribution is -2.19. The van der Waals surface area contributed by atoms with Crippen molar-refractivity contribution in [3.8, 4) is 0 Å². The molecule has 164 valence electrons. The van der Waals surface area contributed by atoms with Crippen molar-refractivity contribution in [3.05, 3.63) is 87.8 Å². The number of anilines is 1.